The second kappa shape index (κ2) is 7.41. The lowest BCUT2D eigenvalue weighted by Crippen LogP contribution is -2.13. The van der Waals surface area contributed by atoms with E-state index in [1.54, 1.807) is 7.05 Å². The molecule has 0 bridgehead atoms. The van der Waals surface area contributed by atoms with Crippen molar-refractivity contribution < 1.29 is 8.42 Å². The first-order chi connectivity index (χ1) is 12.0. The number of aryl methyl sites for hydroxylation is 2. The molecule has 7 heteroatoms. The minimum Gasteiger partial charge on any atom is -0.280 e. The fraction of sp³-hybridized carbons (Fsp3) is 0.278. The standard InChI is InChI=1S/C18H21N3O2S2/c1-3-4-6-14-8-10-15(11-9-14)20-25(22,23)17-13-21(2)19-18(17)16-7-5-12-24-16/h5,7-13,20H,3-4,6H2,1-2H3. The minimum atomic E-state index is -3.71. The van der Waals surface area contributed by atoms with Gasteiger partial charge in [0.15, 0.2) is 0 Å². The molecule has 3 rings (SSSR count). The van der Waals surface area contributed by atoms with Crippen molar-refractivity contribution in [2.45, 2.75) is 31.1 Å². The first-order valence-corrected chi connectivity index (χ1v) is 10.5. The van der Waals surface area contributed by atoms with Crippen LogP contribution in [-0.2, 0) is 23.5 Å². The molecule has 0 aliphatic heterocycles. The maximum absolute atomic E-state index is 12.8. The molecule has 1 aromatic carbocycles. The van der Waals surface area contributed by atoms with Crippen molar-refractivity contribution in [3.05, 3.63) is 53.5 Å². The number of hydrogen-bond donors (Lipinski definition) is 1. The van der Waals surface area contributed by atoms with Gasteiger partial charge in [-0.05, 0) is 42.0 Å². The van der Waals surface area contributed by atoms with Crippen LogP contribution in [0.2, 0.25) is 0 Å². The molecule has 1 N–H and O–H groups in total. The van der Waals surface area contributed by atoms with Gasteiger partial charge < -0.3 is 0 Å². The van der Waals surface area contributed by atoms with E-state index in [9.17, 15) is 8.42 Å². The van der Waals surface area contributed by atoms with Crippen molar-refractivity contribution in [3.63, 3.8) is 0 Å². The number of thiophene rings is 1. The highest BCUT2D eigenvalue weighted by Gasteiger charge is 2.23. The summed E-state index contributed by atoms with van der Waals surface area (Å²) in [5, 5.41) is 6.22. The molecule has 2 heterocycles. The van der Waals surface area contributed by atoms with Crippen molar-refractivity contribution in [3.8, 4) is 10.6 Å². The molecular formula is C18H21N3O2S2. The van der Waals surface area contributed by atoms with Crippen LogP contribution in [0, 0.1) is 0 Å². The predicted octanol–water partition coefficient (Wildman–Crippen LogP) is 4.29. The van der Waals surface area contributed by atoms with E-state index in [-0.39, 0.29) is 4.90 Å². The molecule has 0 radical (unpaired) electrons. The molecule has 132 valence electrons. The van der Waals surface area contributed by atoms with Crippen LogP contribution in [0.4, 0.5) is 5.69 Å². The molecule has 0 amide bonds. The first-order valence-electron chi connectivity index (χ1n) is 8.19. The number of hydrogen-bond acceptors (Lipinski definition) is 4. The van der Waals surface area contributed by atoms with Crippen LogP contribution in [0.3, 0.4) is 0 Å². The van der Waals surface area contributed by atoms with Crippen LogP contribution in [0.25, 0.3) is 10.6 Å². The summed E-state index contributed by atoms with van der Waals surface area (Å²) in [6, 6.07) is 11.3. The molecule has 0 aliphatic rings. The van der Waals surface area contributed by atoms with Gasteiger partial charge in [0.05, 0.1) is 4.88 Å². The molecule has 25 heavy (non-hydrogen) atoms. The monoisotopic (exact) mass is 375 g/mol. The normalized spacial score (nSPS) is 11.6. The van der Waals surface area contributed by atoms with Gasteiger partial charge in [-0.2, -0.15) is 5.10 Å². The molecule has 0 atom stereocenters. The molecule has 0 saturated carbocycles. The highest BCUT2D eigenvalue weighted by atomic mass is 32.2. The Morgan fingerprint density at radius 3 is 2.60 bits per heavy atom. The Kier molecular flexibility index (Phi) is 5.24. The largest absolute Gasteiger partial charge is 0.280 e. The van der Waals surface area contributed by atoms with E-state index in [0.717, 1.165) is 24.1 Å². The Balaban J connectivity index is 1.85. The van der Waals surface area contributed by atoms with E-state index in [2.05, 4.69) is 16.7 Å². The summed E-state index contributed by atoms with van der Waals surface area (Å²) < 4.78 is 29.8. The second-order valence-electron chi connectivity index (χ2n) is 5.90. The van der Waals surface area contributed by atoms with E-state index in [4.69, 9.17) is 0 Å². The topological polar surface area (TPSA) is 64.0 Å². The minimum absolute atomic E-state index is 0.188. The van der Waals surface area contributed by atoms with Gasteiger partial charge in [-0.1, -0.05) is 31.5 Å². The summed E-state index contributed by atoms with van der Waals surface area (Å²) >= 11 is 1.47. The number of unbranched alkanes of at least 4 members (excludes halogenated alkanes) is 1. The lowest BCUT2D eigenvalue weighted by atomic mass is 10.1. The highest BCUT2D eigenvalue weighted by molar-refractivity contribution is 7.92. The van der Waals surface area contributed by atoms with Crippen LogP contribution in [-0.4, -0.2) is 18.2 Å². The lowest BCUT2D eigenvalue weighted by molar-refractivity contribution is 0.601. The maximum atomic E-state index is 12.8. The van der Waals surface area contributed by atoms with Crippen molar-refractivity contribution in [2.75, 3.05) is 4.72 Å². The zero-order valence-corrected chi connectivity index (χ0v) is 15.9. The van der Waals surface area contributed by atoms with Crippen molar-refractivity contribution in [2.24, 2.45) is 7.05 Å². The number of nitrogens with one attached hydrogen (secondary N) is 1. The van der Waals surface area contributed by atoms with E-state index >= 15 is 0 Å². The molecule has 0 spiro atoms. The Bertz CT molecular complexity index is 927. The molecule has 0 fully saturated rings. The summed E-state index contributed by atoms with van der Waals surface area (Å²) in [6.07, 6.45) is 4.81. The SMILES string of the molecule is CCCCc1ccc(NS(=O)(=O)c2cn(C)nc2-c2cccs2)cc1. The molecule has 0 unspecified atom stereocenters. The van der Waals surface area contributed by atoms with Crippen molar-refractivity contribution in [1.82, 2.24) is 9.78 Å². The summed E-state index contributed by atoms with van der Waals surface area (Å²) in [7, 11) is -1.98. The van der Waals surface area contributed by atoms with E-state index < -0.39 is 10.0 Å². The fourth-order valence-electron chi connectivity index (χ4n) is 2.58. The van der Waals surface area contributed by atoms with Gasteiger partial charge in [-0.25, -0.2) is 8.42 Å². The zero-order valence-electron chi connectivity index (χ0n) is 14.3. The zero-order chi connectivity index (χ0) is 17.9. The van der Waals surface area contributed by atoms with Crippen LogP contribution >= 0.6 is 11.3 Å². The van der Waals surface area contributed by atoms with Crippen LogP contribution in [0.5, 0.6) is 0 Å². The molecule has 0 saturated heterocycles. The van der Waals surface area contributed by atoms with Gasteiger partial charge in [0.2, 0.25) is 0 Å². The molecule has 0 aliphatic carbocycles. The first kappa shape index (κ1) is 17.7. The summed E-state index contributed by atoms with van der Waals surface area (Å²) in [5.41, 5.74) is 2.25. The summed E-state index contributed by atoms with van der Waals surface area (Å²) in [5.74, 6) is 0. The van der Waals surface area contributed by atoms with E-state index in [1.165, 1.54) is 27.8 Å². The Labute approximate surface area is 152 Å². The Morgan fingerprint density at radius 2 is 1.96 bits per heavy atom. The molecule has 3 aromatic rings. The summed E-state index contributed by atoms with van der Waals surface area (Å²) in [6.45, 7) is 2.15. The number of sulfonamides is 1. The van der Waals surface area contributed by atoms with Crippen LogP contribution in [0.1, 0.15) is 25.3 Å². The van der Waals surface area contributed by atoms with Crippen LogP contribution in [0.15, 0.2) is 52.9 Å². The number of rotatable bonds is 7. The van der Waals surface area contributed by atoms with E-state index in [0.29, 0.717) is 11.4 Å². The second-order valence-corrected chi connectivity index (χ2v) is 8.50. The maximum Gasteiger partial charge on any atom is 0.265 e. The number of anilines is 1. The Hall–Kier alpha value is -2.12. The van der Waals surface area contributed by atoms with Crippen molar-refractivity contribution >= 4 is 27.0 Å². The smallest absolute Gasteiger partial charge is 0.265 e. The number of benzene rings is 1. The molecular weight excluding hydrogens is 354 g/mol. The van der Waals surface area contributed by atoms with Gasteiger partial charge in [-0.3, -0.25) is 9.40 Å². The Morgan fingerprint density at radius 1 is 1.20 bits per heavy atom. The van der Waals surface area contributed by atoms with Gasteiger partial charge in [0.1, 0.15) is 10.6 Å². The predicted molar refractivity (Wildman–Crippen MR) is 102 cm³/mol. The molecule has 5 nitrogen and oxygen atoms in total. The quantitative estimate of drug-likeness (QED) is 0.670. The van der Waals surface area contributed by atoms with Crippen LogP contribution < -0.4 is 4.72 Å². The third-order valence-corrected chi connectivity index (χ3v) is 6.12. The third-order valence-electron chi connectivity index (χ3n) is 3.86. The third kappa shape index (κ3) is 4.11. The molecule has 2 aromatic heterocycles. The summed E-state index contributed by atoms with van der Waals surface area (Å²) in [4.78, 5) is 1.02. The number of aromatic nitrogens is 2. The average Bonchev–Trinajstić information content (AvgIpc) is 3.23. The van der Waals surface area contributed by atoms with Crippen molar-refractivity contribution in [1.29, 1.82) is 0 Å². The lowest BCUT2D eigenvalue weighted by Gasteiger charge is -2.08. The average molecular weight is 376 g/mol. The van der Waals surface area contributed by atoms with E-state index in [1.807, 2.05) is 41.8 Å². The van der Waals surface area contributed by atoms with Gasteiger partial charge >= 0.3 is 0 Å². The van der Waals surface area contributed by atoms with Gasteiger partial charge in [0, 0.05) is 18.9 Å². The highest BCUT2D eigenvalue weighted by Crippen LogP contribution is 2.30. The number of nitrogens with zero attached hydrogens (tertiary/aromatic N) is 2. The fourth-order valence-corrected chi connectivity index (χ4v) is 4.62. The van der Waals surface area contributed by atoms with Gasteiger partial charge in [0.25, 0.3) is 10.0 Å². The van der Waals surface area contributed by atoms with Gasteiger partial charge in [-0.15, -0.1) is 11.3 Å².